The molecule has 0 aliphatic carbocycles. The third-order valence-electron chi connectivity index (χ3n) is 3.16. The normalized spacial score (nSPS) is 22.2. The molecule has 1 unspecified atom stereocenters. The van der Waals surface area contributed by atoms with Gasteiger partial charge in [-0.05, 0) is 26.3 Å². The number of carbonyl (C=O) groups is 2. The lowest BCUT2D eigenvalue weighted by Crippen LogP contribution is -2.44. The summed E-state index contributed by atoms with van der Waals surface area (Å²) in [7, 11) is 0. The van der Waals surface area contributed by atoms with Crippen LogP contribution in [-0.4, -0.2) is 47.6 Å². The Hall–Kier alpha value is -1.10. The number of nitrogens with one attached hydrogen (secondary N) is 1. The molecule has 0 aromatic rings. The fraction of sp³-hybridized carbons (Fsp3) is 0.833. The fourth-order valence-electron chi connectivity index (χ4n) is 2.22. The van der Waals surface area contributed by atoms with Crippen molar-refractivity contribution in [1.29, 1.82) is 0 Å². The minimum atomic E-state index is -0.790. The molecule has 5 nitrogen and oxygen atoms in total. The number of amides is 1. The first kappa shape index (κ1) is 14.0. The van der Waals surface area contributed by atoms with E-state index in [1.165, 1.54) is 0 Å². The molecule has 1 amide bonds. The first-order chi connectivity index (χ1) is 8.04. The second kappa shape index (κ2) is 6.59. The van der Waals surface area contributed by atoms with Crippen molar-refractivity contribution < 1.29 is 14.7 Å². The molecule has 17 heavy (non-hydrogen) atoms. The highest BCUT2D eigenvalue weighted by molar-refractivity contribution is 5.78. The number of nitrogens with zero attached hydrogens (tertiary/aromatic N) is 1. The number of aliphatic carboxylic acids is 1. The third-order valence-corrected chi connectivity index (χ3v) is 3.16. The van der Waals surface area contributed by atoms with Crippen LogP contribution in [0.3, 0.4) is 0 Å². The van der Waals surface area contributed by atoms with Gasteiger partial charge in [-0.25, -0.2) is 0 Å². The van der Waals surface area contributed by atoms with Crippen LogP contribution in [0, 0.1) is 5.92 Å². The van der Waals surface area contributed by atoms with Crippen LogP contribution in [0.2, 0.25) is 0 Å². The molecule has 1 fully saturated rings. The Labute approximate surface area is 102 Å². The number of carboxylic acid groups (broad SMARTS) is 1. The van der Waals surface area contributed by atoms with Crippen molar-refractivity contribution in [2.24, 2.45) is 5.92 Å². The summed E-state index contributed by atoms with van der Waals surface area (Å²) in [6.07, 6.45) is 1.92. The molecule has 0 aromatic carbocycles. The van der Waals surface area contributed by atoms with Gasteiger partial charge >= 0.3 is 5.97 Å². The second-order valence-electron chi connectivity index (χ2n) is 4.68. The molecular formula is C12H22N2O3. The number of carboxylic acids is 1. The maximum absolute atomic E-state index is 11.9. The Morgan fingerprint density at radius 1 is 1.53 bits per heavy atom. The third kappa shape index (κ3) is 4.34. The van der Waals surface area contributed by atoms with E-state index >= 15 is 0 Å². The first-order valence-electron chi connectivity index (χ1n) is 6.28. The SMILES string of the molecule is CCNC(C)CC(=O)N1CCC[C@H](C(=O)O)C1. The monoisotopic (exact) mass is 242 g/mol. The average Bonchev–Trinajstić information content (AvgIpc) is 2.29. The van der Waals surface area contributed by atoms with E-state index in [1.807, 2.05) is 13.8 Å². The highest BCUT2D eigenvalue weighted by Gasteiger charge is 2.28. The van der Waals surface area contributed by atoms with Crippen molar-refractivity contribution >= 4 is 11.9 Å². The van der Waals surface area contributed by atoms with Crippen molar-refractivity contribution in [1.82, 2.24) is 10.2 Å². The lowest BCUT2D eigenvalue weighted by Gasteiger charge is -2.31. The topological polar surface area (TPSA) is 69.6 Å². The van der Waals surface area contributed by atoms with E-state index in [-0.39, 0.29) is 17.9 Å². The average molecular weight is 242 g/mol. The Morgan fingerprint density at radius 3 is 2.82 bits per heavy atom. The number of hydrogen-bond donors (Lipinski definition) is 2. The quantitative estimate of drug-likeness (QED) is 0.744. The molecule has 98 valence electrons. The minimum Gasteiger partial charge on any atom is -0.481 e. The molecule has 1 rings (SSSR count). The van der Waals surface area contributed by atoms with Crippen LogP contribution in [0.5, 0.6) is 0 Å². The minimum absolute atomic E-state index is 0.0596. The highest BCUT2D eigenvalue weighted by Crippen LogP contribution is 2.17. The summed E-state index contributed by atoms with van der Waals surface area (Å²) >= 11 is 0. The molecule has 0 radical (unpaired) electrons. The zero-order chi connectivity index (χ0) is 12.8. The molecular weight excluding hydrogens is 220 g/mol. The van der Waals surface area contributed by atoms with Gasteiger partial charge in [-0.1, -0.05) is 6.92 Å². The summed E-state index contributed by atoms with van der Waals surface area (Å²) in [5.41, 5.74) is 0. The standard InChI is InChI=1S/C12H22N2O3/c1-3-13-9(2)7-11(15)14-6-4-5-10(8-14)12(16)17/h9-10,13H,3-8H2,1-2H3,(H,16,17)/t9?,10-/m0/s1. The van der Waals surface area contributed by atoms with Crippen LogP contribution in [0.4, 0.5) is 0 Å². The van der Waals surface area contributed by atoms with Gasteiger partial charge < -0.3 is 15.3 Å². The van der Waals surface area contributed by atoms with E-state index < -0.39 is 5.97 Å². The molecule has 2 atom stereocenters. The van der Waals surface area contributed by atoms with Crippen LogP contribution in [0.1, 0.15) is 33.1 Å². The zero-order valence-corrected chi connectivity index (χ0v) is 10.6. The van der Waals surface area contributed by atoms with Gasteiger partial charge in [0.1, 0.15) is 0 Å². The molecule has 2 N–H and O–H groups in total. The summed E-state index contributed by atoms with van der Waals surface area (Å²) in [4.78, 5) is 24.5. The molecule has 1 saturated heterocycles. The van der Waals surface area contributed by atoms with Crippen molar-refractivity contribution in [2.45, 2.75) is 39.2 Å². The molecule has 1 heterocycles. The van der Waals surface area contributed by atoms with Gasteiger partial charge in [0.05, 0.1) is 5.92 Å². The molecule has 0 spiro atoms. The molecule has 1 aliphatic heterocycles. The smallest absolute Gasteiger partial charge is 0.308 e. The zero-order valence-electron chi connectivity index (χ0n) is 10.6. The van der Waals surface area contributed by atoms with Gasteiger partial charge in [-0.2, -0.15) is 0 Å². The van der Waals surface area contributed by atoms with E-state index in [9.17, 15) is 9.59 Å². The van der Waals surface area contributed by atoms with E-state index in [2.05, 4.69) is 5.32 Å². The number of piperidine rings is 1. The Kier molecular flexibility index (Phi) is 5.41. The van der Waals surface area contributed by atoms with Gasteiger partial charge in [0.25, 0.3) is 0 Å². The van der Waals surface area contributed by atoms with Crippen molar-refractivity contribution in [2.75, 3.05) is 19.6 Å². The maximum atomic E-state index is 11.9. The van der Waals surface area contributed by atoms with Crippen LogP contribution in [0.25, 0.3) is 0 Å². The van der Waals surface area contributed by atoms with E-state index in [0.717, 1.165) is 13.0 Å². The predicted molar refractivity (Wildman–Crippen MR) is 64.7 cm³/mol. The first-order valence-corrected chi connectivity index (χ1v) is 6.28. The van der Waals surface area contributed by atoms with Crippen LogP contribution >= 0.6 is 0 Å². The van der Waals surface area contributed by atoms with E-state index in [4.69, 9.17) is 5.11 Å². The molecule has 0 saturated carbocycles. The summed E-state index contributed by atoms with van der Waals surface area (Å²) in [5, 5.41) is 12.1. The number of likely N-dealkylation sites (tertiary alicyclic amines) is 1. The number of carbonyl (C=O) groups excluding carboxylic acids is 1. The van der Waals surface area contributed by atoms with E-state index in [0.29, 0.717) is 25.9 Å². The fourth-order valence-corrected chi connectivity index (χ4v) is 2.22. The summed E-state index contributed by atoms with van der Waals surface area (Å²) in [6, 6.07) is 0.151. The van der Waals surface area contributed by atoms with Gasteiger partial charge in [-0.15, -0.1) is 0 Å². The number of rotatable bonds is 5. The van der Waals surface area contributed by atoms with Crippen molar-refractivity contribution in [3.63, 3.8) is 0 Å². The van der Waals surface area contributed by atoms with Gasteiger partial charge in [0, 0.05) is 25.6 Å². The van der Waals surface area contributed by atoms with E-state index in [1.54, 1.807) is 4.90 Å². The lowest BCUT2D eigenvalue weighted by molar-refractivity contribution is -0.145. The predicted octanol–water partition coefficient (Wildman–Crippen LogP) is 0.698. The Morgan fingerprint density at radius 2 is 2.24 bits per heavy atom. The maximum Gasteiger partial charge on any atom is 0.308 e. The van der Waals surface area contributed by atoms with Gasteiger partial charge in [0.15, 0.2) is 0 Å². The van der Waals surface area contributed by atoms with Crippen molar-refractivity contribution in [3.05, 3.63) is 0 Å². The van der Waals surface area contributed by atoms with Gasteiger partial charge in [0.2, 0.25) is 5.91 Å². The number of hydrogen-bond acceptors (Lipinski definition) is 3. The van der Waals surface area contributed by atoms with Gasteiger partial charge in [-0.3, -0.25) is 9.59 Å². The molecule has 5 heteroatoms. The van der Waals surface area contributed by atoms with Crippen LogP contribution < -0.4 is 5.32 Å². The summed E-state index contributed by atoms with van der Waals surface area (Å²) < 4.78 is 0. The lowest BCUT2D eigenvalue weighted by atomic mass is 9.98. The highest BCUT2D eigenvalue weighted by atomic mass is 16.4. The largest absolute Gasteiger partial charge is 0.481 e. The Balaban J connectivity index is 2.43. The van der Waals surface area contributed by atoms with Crippen LogP contribution in [-0.2, 0) is 9.59 Å². The molecule has 1 aliphatic rings. The molecule has 0 bridgehead atoms. The second-order valence-corrected chi connectivity index (χ2v) is 4.68. The summed E-state index contributed by atoms with van der Waals surface area (Å²) in [5.74, 6) is -1.12. The molecule has 0 aromatic heterocycles. The Bertz CT molecular complexity index is 281. The summed E-state index contributed by atoms with van der Waals surface area (Å²) in [6.45, 7) is 5.88. The van der Waals surface area contributed by atoms with Crippen molar-refractivity contribution in [3.8, 4) is 0 Å². The van der Waals surface area contributed by atoms with Crippen LogP contribution in [0.15, 0.2) is 0 Å².